The van der Waals surface area contributed by atoms with Crippen molar-refractivity contribution in [3.8, 4) is 0 Å². The van der Waals surface area contributed by atoms with Gasteiger partial charge >= 0.3 is 5.97 Å². The number of nitrogens with zero attached hydrogens (tertiary/aromatic N) is 1. The van der Waals surface area contributed by atoms with Crippen LogP contribution in [0.5, 0.6) is 0 Å². The standard InChI is InChI=1S/C20H32N2O4Si/c1-20(2,3)27(5,6)26-12-10-21-16-7-8-17-15(13-16)9-11-22(19(17)24)14-18(23)25-4/h7-8,13,21H,9-12,14H2,1-6H3. The average Bonchev–Trinajstić information content (AvgIpc) is 2.60. The number of hydrogen-bond donors (Lipinski definition) is 1. The molecule has 2 rings (SSSR count). The van der Waals surface area contributed by atoms with Crippen LogP contribution in [0.25, 0.3) is 0 Å². The van der Waals surface area contributed by atoms with Crippen molar-refractivity contribution in [1.82, 2.24) is 4.90 Å². The first-order chi connectivity index (χ1) is 12.5. The summed E-state index contributed by atoms with van der Waals surface area (Å²) in [5.74, 6) is -0.513. The van der Waals surface area contributed by atoms with Gasteiger partial charge < -0.3 is 19.4 Å². The fourth-order valence-corrected chi connectivity index (χ4v) is 3.78. The van der Waals surface area contributed by atoms with Crippen LogP contribution in [0.2, 0.25) is 18.1 Å². The van der Waals surface area contributed by atoms with Crippen LogP contribution in [-0.2, 0) is 20.4 Å². The summed E-state index contributed by atoms with van der Waals surface area (Å²) in [6.07, 6.45) is 0.730. The normalized spacial score (nSPS) is 14.7. The maximum absolute atomic E-state index is 12.5. The van der Waals surface area contributed by atoms with Crippen molar-refractivity contribution < 1.29 is 18.8 Å². The molecule has 1 aromatic rings. The third-order valence-electron chi connectivity index (χ3n) is 5.52. The molecule has 0 aromatic heterocycles. The van der Waals surface area contributed by atoms with Gasteiger partial charge in [-0.25, -0.2) is 0 Å². The minimum Gasteiger partial charge on any atom is -0.468 e. The van der Waals surface area contributed by atoms with Crippen LogP contribution in [0.3, 0.4) is 0 Å². The number of hydrogen-bond acceptors (Lipinski definition) is 5. The summed E-state index contributed by atoms with van der Waals surface area (Å²) in [6.45, 7) is 13.1. The fraction of sp³-hybridized carbons (Fsp3) is 0.600. The minimum atomic E-state index is -1.73. The van der Waals surface area contributed by atoms with Gasteiger partial charge in [0.1, 0.15) is 6.54 Å². The summed E-state index contributed by atoms with van der Waals surface area (Å²) in [7, 11) is -0.397. The summed E-state index contributed by atoms with van der Waals surface area (Å²) < 4.78 is 10.8. The maximum Gasteiger partial charge on any atom is 0.325 e. The van der Waals surface area contributed by atoms with Crippen molar-refractivity contribution >= 4 is 25.9 Å². The molecular formula is C20H32N2O4Si. The molecule has 7 heteroatoms. The summed E-state index contributed by atoms with van der Waals surface area (Å²) >= 11 is 0. The van der Waals surface area contributed by atoms with Gasteiger partial charge in [0.2, 0.25) is 0 Å². The van der Waals surface area contributed by atoms with Crippen molar-refractivity contribution in [1.29, 1.82) is 0 Å². The predicted molar refractivity (Wildman–Crippen MR) is 110 cm³/mol. The molecule has 6 nitrogen and oxygen atoms in total. The van der Waals surface area contributed by atoms with Crippen LogP contribution in [0, 0.1) is 0 Å². The number of esters is 1. The van der Waals surface area contributed by atoms with Gasteiger partial charge in [-0.15, -0.1) is 0 Å². The molecule has 150 valence electrons. The number of rotatable bonds is 7. The van der Waals surface area contributed by atoms with Crippen LogP contribution < -0.4 is 5.32 Å². The Bertz CT molecular complexity index is 698. The lowest BCUT2D eigenvalue weighted by Crippen LogP contribution is -2.41. The second-order valence-corrected chi connectivity index (χ2v) is 13.3. The van der Waals surface area contributed by atoms with E-state index in [1.165, 1.54) is 12.0 Å². The van der Waals surface area contributed by atoms with Gasteiger partial charge in [-0.2, -0.15) is 0 Å². The van der Waals surface area contributed by atoms with Crippen molar-refractivity contribution in [2.75, 3.05) is 38.7 Å². The van der Waals surface area contributed by atoms with Crippen molar-refractivity contribution in [2.45, 2.75) is 45.3 Å². The van der Waals surface area contributed by atoms with Gasteiger partial charge in [0.05, 0.1) is 13.7 Å². The van der Waals surface area contributed by atoms with Crippen LogP contribution in [-0.4, -0.2) is 58.4 Å². The second-order valence-electron chi connectivity index (χ2n) is 8.46. The highest BCUT2D eigenvalue weighted by molar-refractivity contribution is 6.74. The van der Waals surface area contributed by atoms with E-state index in [0.29, 0.717) is 18.7 Å². The van der Waals surface area contributed by atoms with Gasteiger partial charge in [0, 0.05) is 24.3 Å². The number of carbonyl (C=O) groups is 2. The molecule has 1 aliphatic rings. The van der Waals surface area contributed by atoms with E-state index in [1.807, 2.05) is 18.2 Å². The largest absolute Gasteiger partial charge is 0.468 e. The molecule has 1 aromatic carbocycles. The zero-order valence-corrected chi connectivity index (χ0v) is 18.3. The SMILES string of the molecule is COC(=O)CN1CCc2cc(NCCO[Si](C)(C)C(C)(C)C)ccc2C1=O. The van der Waals surface area contributed by atoms with E-state index in [0.717, 1.165) is 24.2 Å². The molecule has 0 bridgehead atoms. The van der Waals surface area contributed by atoms with Crippen LogP contribution in [0.4, 0.5) is 5.69 Å². The highest BCUT2D eigenvalue weighted by atomic mass is 28.4. The first-order valence-electron chi connectivity index (χ1n) is 9.42. The molecule has 0 spiro atoms. The predicted octanol–water partition coefficient (Wildman–Crippen LogP) is 3.29. The van der Waals surface area contributed by atoms with E-state index in [4.69, 9.17) is 4.43 Å². The minimum absolute atomic E-state index is 0.000432. The Labute approximate surface area is 163 Å². The molecule has 0 saturated carbocycles. The Morgan fingerprint density at radius 2 is 2.00 bits per heavy atom. The number of methoxy groups -OCH3 is 1. The van der Waals surface area contributed by atoms with Crippen molar-refractivity contribution in [3.05, 3.63) is 29.3 Å². The van der Waals surface area contributed by atoms with Crippen LogP contribution >= 0.6 is 0 Å². The van der Waals surface area contributed by atoms with Gasteiger partial charge in [-0.3, -0.25) is 9.59 Å². The molecule has 1 heterocycles. The van der Waals surface area contributed by atoms with E-state index in [2.05, 4.69) is 43.9 Å². The molecule has 1 N–H and O–H groups in total. The van der Waals surface area contributed by atoms with E-state index in [-0.39, 0.29) is 17.5 Å². The van der Waals surface area contributed by atoms with E-state index in [1.54, 1.807) is 0 Å². The Morgan fingerprint density at radius 1 is 1.30 bits per heavy atom. The second kappa shape index (κ2) is 8.44. The molecule has 0 atom stereocenters. The smallest absolute Gasteiger partial charge is 0.325 e. The lowest BCUT2D eigenvalue weighted by Gasteiger charge is -2.36. The number of benzene rings is 1. The van der Waals surface area contributed by atoms with E-state index >= 15 is 0 Å². The van der Waals surface area contributed by atoms with Crippen molar-refractivity contribution in [3.63, 3.8) is 0 Å². The Morgan fingerprint density at radius 3 is 2.63 bits per heavy atom. The van der Waals surface area contributed by atoms with Gasteiger partial charge in [0.15, 0.2) is 8.32 Å². The molecule has 0 aliphatic carbocycles. The number of fused-ring (bicyclic) bond motifs is 1. The van der Waals surface area contributed by atoms with Crippen LogP contribution in [0.1, 0.15) is 36.7 Å². The molecule has 1 aliphatic heterocycles. The Balaban J connectivity index is 1.92. The third-order valence-corrected chi connectivity index (χ3v) is 10.1. The highest BCUT2D eigenvalue weighted by Crippen LogP contribution is 2.36. The Hall–Kier alpha value is -1.86. The molecular weight excluding hydrogens is 360 g/mol. The maximum atomic E-state index is 12.5. The zero-order valence-electron chi connectivity index (χ0n) is 17.3. The highest BCUT2D eigenvalue weighted by Gasteiger charge is 2.36. The average molecular weight is 393 g/mol. The lowest BCUT2D eigenvalue weighted by molar-refractivity contribution is -0.141. The van der Waals surface area contributed by atoms with E-state index < -0.39 is 14.3 Å². The molecule has 1 amide bonds. The zero-order chi connectivity index (χ0) is 20.2. The molecule has 0 saturated heterocycles. The monoisotopic (exact) mass is 392 g/mol. The lowest BCUT2D eigenvalue weighted by atomic mass is 9.98. The number of nitrogens with one attached hydrogen (secondary N) is 1. The first kappa shape index (κ1) is 21.4. The topological polar surface area (TPSA) is 67.9 Å². The number of anilines is 1. The fourth-order valence-electron chi connectivity index (χ4n) is 2.74. The van der Waals surface area contributed by atoms with Crippen molar-refractivity contribution in [2.24, 2.45) is 0 Å². The first-order valence-corrected chi connectivity index (χ1v) is 12.3. The molecule has 27 heavy (non-hydrogen) atoms. The Kier molecular flexibility index (Phi) is 6.70. The third kappa shape index (κ3) is 5.32. The van der Waals surface area contributed by atoms with Gasteiger partial charge in [0.25, 0.3) is 5.91 Å². The number of amides is 1. The van der Waals surface area contributed by atoms with Crippen LogP contribution in [0.15, 0.2) is 18.2 Å². The summed E-state index contributed by atoms with van der Waals surface area (Å²) in [4.78, 5) is 25.5. The summed E-state index contributed by atoms with van der Waals surface area (Å²) in [5, 5.41) is 3.59. The quantitative estimate of drug-likeness (QED) is 0.438. The van der Waals surface area contributed by atoms with Gasteiger partial charge in [-0.1, -0.05) is 20.8 Å². The molecule has 0 unspecified atom stereocenters. The summed E-state index contributed by atoms with van der Waals surface area (Å²) in [5.41, 5.74) is 2.66. The molecule has 0 radical (unpaired) electrons. The summed E-state index contributed by atoms with van der Waals surface area (Å²) in [6, 6.07) is 5.76. The number of ether oxygens (including phenoxy) is 1. The number of carbonyl (C=O) groups excluding carboxylic acids is 2. The van der Waals surface area contributed by atoms with Gasteiger partial charge in [-0.05, 0) is 48.3 Å². The molecule has 0 fully saturated rings. The van der Waals surface area contributed by atoms with E-state index in [9.17, 15) is 9.59 Å².